The van der Waals surface area contributed by atoms with Crippen LogP contribution in [0.4, 0.5) is 10.5 Å². The molecule has 228 valence electrons. The number of rotatable bonds is 9. The van der Waals surface area contributed by atoms with E-state index in [1.165, 1.54) is 24.1 Å². The van der Waals surface area contributed by atoms with E-state index in [2.05, 4.69) is 22.5 Å². The van der Waals surface area contributed by atoms with Gasteiger partial charge in [0.25, 0.3) is 5.91 Å². The van der Waals surface area contributed by atoms with Gasteiger partial charge in [0.1, 0.15) is 29.7 Å². The van der Waals surface area contributed by atoms with Crippen molar-refractivity contribution in [2.45, 2.75) is 58.3 Å². The zero-order valence-electron chi connectivity index (χ0n) is 24.3. The highest BCUT2D eigenvalue weighted by molar-refractivity contribution is 6.32. The van der Waals surface area contributed by atoms with Gasteiger partial charge in [-0.3, -0.25) is 19.7 Å². The summed E-state index contributed by atoms with van der Waals surface area (Å²) in [6.45, 7) is 9.07. The lowest BCUT2D eigenvalue weighted by atomic mass is 10.0. The van der Waals surface area contributed by atoms with Crippen LogP contribution in [0.5, 0.6) is 11.5 Å². The highest BCUT2D eigenvalue weighted by Gasteiger charge is 2.39. The van der Waals surface area contributed by atoms with Crippen LogP contribution in [0.25, 0.3) is 0 Å². The van der Waals surface area contributed by atoms with Crippen molar-refractivity contribution < 1.29 is 38.2 Å². The van der Waals surface area contributed by atoms with E-state index in [4.69, 9.17) is 25.8 Å². The number of hydrogen-bond acceptors (Lipinski definition) is 8. The fourth-order valence-corrected chi connectivity index (χ4v) is 4.80. The van der Waals surface area contributed by atoms with Crippen LogP contribution >= 0.6 is 11.6 Å². The second kappa shape index (κ2) is 12.7. The average Bonchev–Trinajstić information content (AvgIpc) is 3.25. The summed E-state index contributed by atoms with van der Waals surface area (Å²) in [5.74, 6) is -1.25. The zero-order chi connectivity index (χ0) is 31.5. The molecule has 0 spiro atoms. The van der Waals surface area contributed by atoms with Crippen molar-refractivity contribution in [2.75, 3.05) is 19.0 Å². The Morgan fingerprint density at radius 1 is 1.14 bits per heavy atom. The van der Waals surface area contributed by atoms with Crippen LogP contribution < -0.4 is 25.4 Å². The largest absolute Gasteiger partial charge is 0.495 e. The summed E-state index contributed by atoms with van der Waals surface area (Å²) in [4.78, 5) is 63.3. The number of fused-ring (bicyclic) bond motifs is 1. The first-order valence-electron chi connectivity index (χ1n) is 13.5. The van der Waals surface area contributed by atoms with E-state index in [-0.39, 0.29) is 66.4 Å². The van der Waals surface area contributed by atoms with E-state index >= 15 is 0 Å². The van der Waals surface area contributed by atoms with Crippen molar-refractivity contribution in [3.63, 3.8) is 0 Å². The second-order valence-electron chi connectivity index (χ2n) is 11.1. The molecule has 3 N–H and O–H groups in total. The molecule has 2 heterocycles. The maximum Gasteiger partial charge on any atom is 0.337 e. The summed E-state index contributed by atoms with van der Waals surface area (Å²) in [7, 11) is 1.43. The monoisotopic (exact) mass is 612 g/mol. The van der Waals surface area contributed by atoms with Gasteiger partial charge in [-0.1, -0.05) is 30.3 Å². The van der Waals surface area contributed by atoms with E-state index in [0.717, 1.165) is 11.1 Å². The molecular weight excluding hydrogens is 580 g/mol. The first-order valence-corrected chi connectivity index (χ1v) is 13.9. The van der Waals surface area contributed by atoms with E-state index in [1.807, 2.05) is 0 Å². The van der Waals surface area contributed by atoms with Gasteiger partial charge in [0.15, 0.2) is 0 Å². The molecule has 0 saturated carbocycles. The SMILES string of the molecule is C=C(COc1cc(Cl)c(OC)cc1NC(=O)NCc1ccc2c(c1)CN(C1CCC(=O)NC1=O)C2=O)C(=O)OC(C)(C)C. The first kappa shape index (κ1) is 31.4. The summed E-state index contributed by atoms with van der Waals surface area (Å²) >= 11 is 6.26. The Labute approximate surface area is 253 Å². The molecule has 1 unspecified atom stereocenters. The molecule has 2 aliphatic heterocycles. The van der Waals surface area contributed by atoms with Gasteiger partial charge >= 0.3 is 12.0 Å². The fraction of sp³-hybridized carbons (Fsp3) is 0.367. The lowest BCUT2D eigenvalue weighted by molar-refractivity contribution is -0.150. The quantitative estimate of drug-likeness (QED) is 0.220. The van der Waals surface area contributed by atoms with Crippen molar-refractivity contribution in [3.8, 4) is 11.5 Å². The molecule has 1 atom stereocenters. The minimum absolute atomic E-state index is 0.0727. The Kier molecular flexibility index (Phi) is 9.29. The number of carbonyl (C=O) groups excluding carboxylic acids is 5. The molecule has 2 aromatic carbocycles. The van der Waals surface area contributed by atoms with Crippen LogP contribution in [0.3, 0.4) is 0 Å². The van der Waals surface area contributed by atoms with Gasteiger partial charge in [-0.25, -0.2) is 9.59 Å². The summed E-state index contributed by atoms with van der Waals surface area (Å²) in [6.07, 6.45) is 0.445. The molecule has 5 amide bonds. The van der Waals surface area contributed by atoms with Crippen LogP contribution in [0.1, 0.15) is 55.1 Å². The number of piperidine rings is 1. The van der Waals surface area contributed by atoms with E-state index < -0.39 is 29.6 Å². The Balaban J connectivity index is 1.39. The maximum atomic E-state index is 12.9. The Morgan fingerprint density at radius 3 is 2.56 bits per heavy atom. The van der Waals surface area contributed by atoms with Crippen LogP contribution in [0.15, 0.2) is 42.5 Å². The van der Waals surface area contributed by atoms with E-state index in [1.54, 1.807) is 39.0 Å². The summed E-state index contributed by atoms with van der Waals surface area (Å²) in [5, 5.41) is 7.96. The maximum absolute atomic E-state index is 12.9. The standard InChI is InChI=1S/C30H33ClN4O8/c1-16(28(39)43-30(2,3)4)15-42-24-11-20(31)23(41-5)12-21(24)33-29(40)32-13-17-6-7-19-18(10-17)14-35(27(19)38)22-8-9-25(36)34-26(22)37/h6-7,10-12,22H,1,8-9,13-15H2,2-5H3,(H2,32,33,40)(H,34,36,37). The number of carbonyl (C=O) groups is 5. The molecule has 0 aliphatic carbocycles. The summed E-state index contributed by atoms with van der Waals surface area (Å²) in [6, 6.07) is 6.82. The van der Waals surface area contributed by atoms with E-state index in [9.17, 15) is 24.0 Å². The van der Waals surface area contributed by atoms with Gasteiger partial charge in [-0.05, 0) is 44.4 Å². The molecule has 13 heteroatoms. The molecule has 2 aromatic rings. The van der Waals surface area contributed by atoms with E-state index in [0.29, 0.717) is 11.3 Å². The summed E-state index contributed by atoms with van der Waals surface area (Å²) < 4.78 is 16.3. The molecule has 0 radical (unpaired) electrons. The number of ether oxygens (including phenoxy) is 3. The number of anilines is 1. The Hall–Kier alpha value is -4.58. The number of urea groups is 1. The Bertz CT molecular complexity index is 1500. The molecule has 2 aliphatic rings. The number of imide groups is 1. The van der Waals surface area contributed by atoms with Crippen molar-refractivity contribution in [3.05, 3.63) is 64.2 Å². The molecule has 0 aromatic heterocycles. The first-order chi connectivity index (χ1) is 20.3. The number of nitrogens with one attached hydrogen (secondary N) is 3. The van der Waals surface area contributed by atoms with Crippen LogP contribution in [0.2, 0.25) is 5.02 Å². The van der Waals surface area contributed by atoms with Gasteiger partial charge in [-0.2, -0.15) is 0 Å². The number of nitrogens with zero attached hydrogens (tertiary/aromatic N) is 1. The number of benzene rings is 2. The van der Waals surface area contributed by atoms with Gasteiger partial charge in [-0.15, -0.1) is 0 Å². The van der Waals surface area contributed by atoms with Gasteiger partial charge in [0.05, 0.1) is 23.4 Å². The molecule has 1 fully saturated rings. The molecule has 43 heavy (non-hydrogen) atoms. The third-order valence-electron chi connectivity index (χ3n) is 6.63. The highest BCUT2D eigenvalue weighted by Crippen LogP contribution is 2.36. The third kappa shape index (κ3) is 7.63. The van der Waals surface area contributed by atoms with Gasteiger partial charge in [0, 0.05) is 37.2 Å². The Morgan fingerprint density at radius 2 is 1.88 bits per heavy atom. The number of halogens is 1. The lowest BCUT2D eigenvalue weighted by Crippen LogP contribution is -2.52. The topological polar surface area (TPSA) is 152 Å². The van der Waals surface area contributed by atoms with Crippen molar-refractivity contribution in [1.29, 1.82) is 0 Å². The van der Waals surface area contributed by atoms with Crippen LogP contribution in [0, 0.1) is 0 Å². The number of methoxy groups -OCH3 is 1. The molecule has 1 saturated heterocycles. The van der Waals surface area contributed by atoms with Crippen molar-refractivity contribution in [1.82, 2.24) is 15.5 Å². The molecule has 12 nitrogen and oxygen atoms in total. The second-order valence-corrected chi connectivity index (χ2v) is 11.5. The normalized spacial score (nSPS) is 16.3. The predicted molar refractivity (Wildman–Crippen MR) is 157 cm³/mol. The minimum Gasteiger partial charge on any atom is -0.495 e. The van der Waals surface area contributed by atoms with Crippen LogP contribution in [-0.2, 0) is 32.2 Å². The van der Waals surface area contributed by atoms with Gasteiger partial charge in [0.2, 0.25) is 11.8 Å². The number of amides is 5. The predicted octanol–water partition coefficient (Wildman–Crippen LogP) is 3.71. The lowest BCUT2D eigenvalue weighted by Gasteiger charge is -2.29. The number of esters is 1. The summed E-state index contributed by atoms with van der Waals surface area (Å²) in [5.41, 5.74) is 1.53. The fourth-order valence-electron chi connectivity index (χ4n) is 4.57. The smallest absolute Gasteiger partial charge is 0.337 e. The third-order valence-corrected chi connectivity index (χ3v) is 6.93. The molecule has 4 rings (SSSR count). The number of hydrogen-bond donors (Lipinski definition) is 3. The van der Waals surface area contributed by atoms with Crippen LogP contribution in [-0.4, -0.2) is 60.0 Å². The van der Waals surface area contributed by atoms with Gasteiger partial charge < -0.3 is 29.7 Å². The minimum atomic E-state index is -0.709. The highest BCUT2D eigenvalue weighted by atomic mass is 35.5. The molecular formula is C30H33ClN4O8. The van der Waals surface area contributed by atoms with Crippen molar-refractivity contribution >= 4 is 47.0 Å². The average molecular weight is 613 g/mol. The molecule has 0 bridgehead atoms. The zero-order valence-corrected chi connectivity index (χ0v) is 25.1. The van der Waals surface area contributed by atoms with Crippen molar-refractivity contribution in [2.24, 2.45) is 0 Å².